The number of amides is 2. The molecule has 0 spiro atoms. The van der Waals surface area contributed by atoms with Gasteiger partial charge in [-0.15, -0.1) is 0 Å². The number of rotatable bonds is 10. The van der Waals surface area contributed by atoms with Crippen molar-refractivity contribution in [3.8, 4) is 5.75 Å². The summed E-state index contributed by atoms with van der Waals surface area (Å²) in [5.41, 5.74) is 2.91. The van der Waals surface area contributed by atoms with E-state index in [9.17, 15) is 29.4 Å². The molecule has 0 radical (unpaired) electrons. The summed E-state index contributed by atoms with van der Waals surface area (Å²) in [5, 5.41) is 24.4. The number of para-hydroxylation sites is 1. The van der Waals surface area contributed by atoms with Crippen molar-refractivity contribution in [2.45, 2.75) is 180 Å². The molecule has 1 aromatic rings. The third kappa shape index (κ3) is 13.4. The highest BCUT2D eigenvalue weighted by Crippen LogP contribution is 2.42. The Hall–Kier alpha value is -4.08. The van der Waals surface area contributed by atoms with Crippen molar-refractivity contribution in [3.05, 3.63) is 35.9 Å². The summed E-state index contributed by atoms with van der Waals surface area (Å²) in [5.74, 6) is -2.67. The summed E-state index contributed by atoms with van der Waals surface area (Å²) in [6.07, 6.45) is -7.45. The Morgan fingerprint density at radius 3 is 2.26 bits per heavy atom. The summed E-state index contributed by atoms with van der Waals surface area (Å²) in [4.78, 5) is 56.9. The number of cyclic esters (lactones) is 1. The largest absolute Gasteiger partial charge is 0.509 e. The monoisotopic (exact) mass is 963 g/mol. The molecule has 2 amide bonds. The number of hydrazine groups is 1. The van der Waals surface area contributed by atoms with Crippen LogP contribution in [0.25, 0.3) is 6.08 Å². The molecule has 0 bridgehead atoms. The Morgan fingerprint density at radius 2 is 1.62 bits per heavy atom. The summed E-state index contributed by atoms with van der Waals surface area (Å²) in [6, 6.07) is 6.49. The van der Waals surface area contributed by atoms with E-state index in [1.807, 2.05) is 85.5 Å². The van der Waals surface area contributed by atoms with Crippen LogP contribution in [-0.4, -0.2) is 164 Å². The SMILES string of the molecule is CC[C@H]1OC(=O)[C@H](C)[C@@H](O[C@H]2CC(C)(C)[C@@H](OC(=O)NNC(=O)/C=C/c3ccccc3OC)[C@H](C)O2)[C@H](C)[C@@H](O[C@@H]2O[C@H](C)C[C@H](N(C)C)[C@H]2O)[C@@](C)(O)C[C@@H](C)CN(C)[C@H](C)[C@H]2OC(=O)O[C@H]21. The lowest BCUT2D eigenvalue weighted by Crippen LogP contribution is -2.60. The number of nitrogens with zero attached hydrogens (tertiary/aromatic N) is 2. The number of fused-ring (bicyclic) bond motifs is 1. The van der Waals surface area contributed by atoms with E-state index < -0.39 is 108 Å². The van der Waals surface area contributed by atoms with Crippen molar-refractivity contribution in [2.24, 2.45) is 23.2 Å². The van der Waals surface area contributed by atoms with Crippen molar-refractivity contribution in [3.63, 3.8) is 0 Å². The third-order valence-electron chi connectivity index (χ3n) is 14.0. The van der Waals surface area contributed by atoms with Crippen LogP contribution in [0, 0.1) is 23.2 Å². The molecule has 384 valence electrons. The summed E-state index contributed by atoms with van der Waals surface area (Å²) in [6.45, 7) is 18.8. The highest BCUT2D eigenvalue weighted by molar-refractivity contribution is 5.92. The third-order valence-corrected chi connectivity index (χ3v) is 14.0. The van der Waals surface area contributed by atoms with Crippen LogP contribution in [0.1, 0.15) is 100 Å². The Bertz CT molecular complexity index is 1900. The number of hydrogen-bond donors (Lipinski definition) is 4. The molecule has 0 aromatic heterocycles. The van der Waals surface area contributed by atoms with Gasteiger partial charge in [0.25, 0.3) is 5.91 Å². The standard InChI is InChI=1S/C49H78N4O15/c1-15-34-41-40(65-47(58)66-41)30(6)53(13)25-26(2)23-49(10,59)42(67-45-38(55)33(52(11)12)22-27(3)61-45)28(4)39(29(5)44(56)63-34)64-37-24-48(8,9)43(31(7)62-37)68-46(57)51-50-36(54)21-20-32-18-16-17-19-35(32)60-14/h16-21,26-31,33-34,37-43,45,55,59H,15,22-25H2,1-14H3,(H,50,54)(H,51,57)/b21-20+/t26-,27-,28+,29-,30-,31+,33+,34-,37+,38-,39+,40-,41+,42-,43+,45+,49+/m1/s1. The number of benzene rings is 1. The fourth-order valence-corrected chi connectivity index (χ4v) is 10.4. The van der Waals surface area contributed by atoms with Gasteiger partial charge in [0.15, 0.2) is 24.8 Å². The number of hydrogen-bond acceptors (Lipinski definition) is 17. The van der Waals surface area contributed by atoms with Gasteiger partial charge in [-0.25, -0.2) is 15.0 Å². The predicted octanol–water partition coefficient (Wildman–Crippen LogP) is 4.80. The lowest BCUT2D eigenvalue weighted by atomic mass is 9.77. The average Bonchev–Trinajstić information content (AvgIpc) is 3.66. The van der Waals surface area contributed by atoms with Crippen LogP contribution >= 0.6 is 0 Å². The maximum Gasteiger partial charge on any atom is 0.509 e. The number of esters is 1. The minimum atomic E-state index is -1.60. The van der Waals surface area contributed by atoms with E-state index in [1.165, 1.54) is 13.2 Å². The molecule has 0 aliphatic carbocycles. The van der Waals surface area contributed by atoms with Crippen molar-refractivity contribution in [2.75, 3.05) is 34.8 Å². The number of likely N-dealkylation sites (N-methyl/N-ethyl adjacent to an activating group) is 2. The molecule has 1 aromatic carbocycles. The molecule has 17 atom stereocenters. The van der Waals surface area contributed by atoms with Gasteiger partial charge in [-0.1, -0.05) is 52.8 Å². The lowest BCUT2D eigenvalue weighted by molar-refractivity contribution is -0.312. The van der Waals surface area contributed by atoms with Crippen LogP contribution in [-0.2, 0) is 47.5 Å². The van der Waals surface area contributed by atoms with Gasteiger partial charge in [0.2, 0.25) is 0 Å². The molecule has 19 nitrogen and oxygen atoms in total. The van der Waals surface area contributed by atoms with Gasteiger partial charge in [-0.2, -0.15) is 0 Å². The van der Waals surface area contributed by atoms with Gasteiger partial charge in [0.05, 0.1) is 43.0 Å². The van der Waals surface area contributed by atoms with Crippen LogP contribution in [0.15, 0.2) is 30.3 Å². The number of methoxy groups -OCH3 is 1. The Labute approximate surface area is 401 Å². The Balaban J connectivity index is 1.43. The number of aliphatic hydroxyl groups is 2. The zero-order valence-corrected chi connectivity index (χ0v) is 42.3. The second-order valence-electron chi connectivity index (χ2n) is 20.5. The molecule has 68 heavy (non-hydrogen) atoms. The fourth-order valence-electron chi connectivity index (χ4n) is 10.4. The van der Waals surface area contributed by atoms with Gasteiger partial charge in [0.1, 0.15) is 24.1 Å². The molecule has 4 aliphatic heterocycles. The molecule has 0 unspecified atom stereocenters. The number of aliphatic hydroxyl groups excluding tert-OH is 1. The second-order valence-corrected chi connectivity index (χ2v) is 20.5. The highest BCUT2D eigenvalue weighted by atomic mass is 16.8. The summed E-state index contributed by atoms with van der Waals surface area (Å²) >= 11 is 0. The van der Waals surface area contributed by atoms with Crippen LogP contribution in [0.5, 0.6) is 5.75 Å². The molecule has 4 aliphatic rings. The van der Waals surface area contributed by atoms with E-state index in [4.69, 9.17) is 42.6 Å². The number of ether oxygens (including phenoxy) is 9. The lowest BCUT2D eigenvalue weighted by Gasteiger charge is -2.49. The van der Waals surface area contributed by atoms with Crippen molar-refractivity contribution < 1.29 is 72.0 Å². The topological polar surface area (TPSA) is 222 Å². The first-order chi connectivity index (χ1) is 31.9. The Kier molecular flexibility index (Phi) is 18.7. The van der Waals surface area contributed by atoms with E-state index in [0.717, 1.165) is 0 Å². The van der Waals surface area contributed by atoms with Crippen LogP contribution in [0.2, 0.25) is 0 Å². The number of carbonyl (C=O) groups is 4. The molecule has 4 saturated heterocycles. The smallest absolute Gasteiger partial charge is 0.496 e. The van der Waals surface area contributed by atoms with E-state index in [-0.39, 0.29) is 36.9 Å². The van der Waals surface area contributed by atoms with E-state index in [0.29, 0.717) is 30.7 Å². The molecule has 4 fully saturated rings. The number of nitrogens with one attached hydrogen (secondary N) is 2. The van der Waals surface area contributed by atoms with Crippen LogP contribution in [0.3, 0.4) is 0 Å². The zero-order valence-electron chi connectivity index (χ0n) is 42.3. The maximum absolute atomic E-state index is 14.6. The van der Waals surface area contributed by atoms with Gasteiger partial charge in [0, 0.05) is 48.0 Å². The molecule has 4 N–H and O–H groups in total. The first-order valence-corrected chi connectivity index (χ1v) is 23.9. The minimum Gasteiger partial charge on any atom is -0.496 e. The Morgan fingerprint density at radius 1 is 0.941 bits per heavy atom. The van der Waals surface area contributed by atoms with Gasteiger partial charge in [-0.3, -0.25) is 19.9 Å². The quantitative estimate of drug-likeness (QED) is 0.107. The van der Waals surface area contributed by atoms with E-state index in [2.05, 4.69) is 10.9 Å². The minimum absolute atomic E-state index is 0.153. The van der Waals surface area contributed by atoms with Crippen molar-refractivity contribution in [1.29, 1.82) is 0 Å². The van der Waals surface area contributed by atoms with Gasteiger partial charge < -0.3 is 57.7 Å². The molecule has 4 heterocycles. The normalized spacial score (nSPS) is 38.5. The number of carbonyl (C=O) groups excluding carboxylic acids is 4. The maximum atomic E-state index is 14.6. The highest BCUT2D eigenvalue weighted by Gasteiger charge is 2.53. The van der Waals surface area contributed by atoms with Gasteiger partial charge >= 0.3 is 18.2 Å². The summed E-state index contributed by atoms with van der Waals surface area (Å²) < 4.78 is 55.2. The second kappa shape index (κ2) is 23.2. The predicted molar refractivity (Wildman–Crippen MR) is 249 cm³/mol. The van der Waals surface area contributed by atoms with Crippen LogP contribution in [0.4, 0.5) is 9.59 Å². The van der Waals surface area contributed by atoms with E-state index >= 15 is 0 Å². The zero-order chi connectivity index (χ0) is 50.4. The fraction of sp³-hybridized carbons (Fsp3) is 0.755. The average molecular weight is 963 g/mol. The molecular formula is C49H78N4O15. The summed E-state index contributed by atoms with van der Waals surface area (Å²) in [7, 11) is 7.18. The van der Waals surface area contributed by atoms with Crippen molar-refractivity contribution >= 4 is 30.2 Å². The molecular weight excluding hydrogens is 885 g/mol. The van der Waals surface area contributed by atoms with Crippen LogP contribution < -0.4 is 15.6 Å². The molecule has 19 heteroatoms. The van der Waals surface area contributed by atoms with E-state index in [1.54, 1.807) is 45.0 Å². The van der Waals surface area contributed by atoms with Gasteiger partial charge in [-0.05, 0) is 93.1 Å². The first kappa shape index (κ1) is 54.9. The first-order valence-electron chi connectivity index (χ1n) is 23.9. The molecule has 0 saturated carbocycles. The molecule has 5 rings (SSSR count). The van der Waals surface area contributed by atoms with Crippen molar-refractivity contribution in [1.82, 2.24) is 20.7 Å².